The minimum Gasteiger partial charge on any atom is -0.481 e. The summed E-state index contributed by atoms with van der Waals surface area (Å²) in [6, 6.07) is 0. The van der Waals surface area contributed by atoms with E-state index in [1.165, 1.54) is 0 Å². The molecule has 0 saturated carbocycles. The number of hydrogen-bond acceptors (Lipinski definition) is 3. The van der Waals surface area contributed by atoms with Crippen LogP contribution in [-0.2, 0) is 4.79 Å². The minimum atomic E-state index is -0.694. The lowest BCUT2D eigenvalue weighted by atomic mass is 10.2. The third-order valence-electron chi connectivity index (χ3n) is 2.72. The third kappa shape index (κ3) is 4.95. The molecule has 1 rings (SSSR count). The first kappa shape index (κ1) is 12.2. The van der Waals surface area contributed by atoms with Gasteiger partial charge >= 0.3 is 5.97 Å². The highest BCUT2D eigenvalue weighted by Gasteiger charge is 2.15. The van der Waals surface area contributed by atoms with Gasteiger partial charge < -0.3 is 10.0 Å². The molecular weight excluding hydrogens is 192 g/mol. The van der Waals surface area contributed by atoms with E-state index in [1.807, 2.05) is 6.08 Å². The quantitative estimate of drug-likeness (QED) is 0.657. The smallest absolute Gasteiger partial charge is 0.303 e. The number of rotatable bonds is 6. The van der Waals surface area contributed by atoms with E-state index in [0.717, 1.165) is 45.7 Å². The highest BCUT2D eigenvalue weighted by molar-refractivity contribution is 5.66. The Kier molecular flexibility index (Phi) is 5.36. The van der Waals surface area contributed by atoms with Gasteiger partial charge in [-0.05, 0) is 13.0 Å². The molecule has 0 amide bonds. The van der Waals surface area contributed by atoms with Crippen LogP contribution in [0.5, 0.6) is 0 Å². The van der Waals surface area contributed by atoms with Gasteiger partial charge in [-0.3, -0.25) is 9.69 Å². The van der Waals surface area contributed by atoms with Crippen molar-refractivity contribution in [1.82, 2.24) is 9.80 Å². The number of carboxylic acid groups (broad SMARTS) is 1. The summed E-state index contributed by atoms with van der Waals surface area (Å²) in [6.07, 6.45) is 2.98. The monoisotopic (exact) mass is 212 g/mol. The summed E-state index contributed by atoms with van der Waals surface area (Å²) < 4.78 is 0. The molecule has 0 aromatic rings. The van der Waals surface area contributed by atoms with Gasteiger partial charge in [0.15, 0.2) is 0 Å². The molecule has 1 fully saturated rings. The third-order valence-corrected chi connectivity index (χ3v) is 2.72. The topological polar surface area (TPSA) is 43.8 Å². The van der Waals surface area contributed by atoms with Crippen LogP contribution < -0.4 is 0 Å². The van der Waals surface area contributed by atoms with Gasteiger partial charge in [-0.1, -0.05) is 6.08 Å². The lowest BCUT2D eigenvalue weighted by Gasteiger charge is -2.33. The van der Waals surface area contributed by atoms with Gasteiger partial charge in [0.25, 0.3) is 0 Å². The second kappa shape index (κ2) is 6.58. The number of hydrogen-bond donors (Lipinski definition) is 1. The predicted molar refractivity (Wildman–Crippen MR) is 59.9 cm³/mol. The predicted octanol–water partition coefficient (Wildman–Crippen LogP) is 0.655. The summed E-state index contributed by atoms with van der Waals surface area (Å²) in [4.78, 5) is 15.0. The van der Waals surface area contributed by atoms with E-state index in [9.17, 15) is 4.79 Å². The van der Waals surface area contributed by atoms with E-state index >= 15 is 0 Å². The van der Waals surface area contributed by atoms with Gasteiger partial charge in [0.2, 0.25) is 0 Å². The van der Waals surface area contributed by atoms with Crippen LogP contribution in [0.15, 0.2) is 12.7 Å². The molecule has 1 saturated heterocycles. The van der Waals surface area contributed by atoms with Crippen LogP contribution in [0.25, 0.3) is 0 Å². The second-order valence-electron chi connectivity index (χ2n) is 3.93. The van der Waals surface area contributed by atoms with Gasteiger partial charge in [0.1, 0.15) is 0 Å². The number of piperazine rings is 1. The molecule has 1 aliphatic heterocycles. The SMILES string of the molecule is C=CCN1CCN(CCCC(=O)O)CC1. The fourth-order valence-electron chi connectivity index (χ4n) is 1.83. The van der Waals surface area contributed by atoms with E-state index in [1.54, 1.807) is 0 Å². The first-order valence-corrected chi connectivity index (χ1v) is 5.50. The zero-order chi connectivity index (χ0) is 11.1. The molecule has 0 spiro atoms. The summed E-state index contributed by atoms with van der Waals surface area (Å²) in [6.45, 7) is 9.83. The van der Waals surface area contributed by atoms with Crippen molar-refractivity contribution in [3.63, 3.8) is 0 Å². The maximum Gasteiger partial charge on any atom is 0.303 e. The normalized spacial score (nSPS) is 18.9. The van der Waals surface area contributed by atoms with Gasteiger partial charge in [-0.15, -0.1) is 6.58 Å². The van der Waals surface area contributed by atoms with Crippen molar-refractivity contribution in [3.8, 4) is 0 Å². The maximum atomic E-state index is 10.3. The molecule has 15 heavy (non-hydrogen) atoms. The average Bonchev–Trinajstić information content (AvgIpc) is 2.20. The fraction of sp³-hybridized carbons (Fsp3) is 0.727. The maximum absolute atomic E-state index is 10.3. The molecule has 0 aromatic heterocycles. The molecule has 0 radical (unpaired) electrons. The summed E-state index contributed by atoms with van der Waals surface area (Å²) in [5, 5.41) is 8.52. The summed E-state index contributed by atoms with van der Waals surface area (Å²) in [5.74, 6) is -0.694. The highest BCUT2D eigenvalue weighted by atomic mass is 16.4. The Bertz CT molecular complexity index is 211. The van der Waals surface area contributed by atoms with Crippen molar-refractivity contribution >= 4 is 5.97 Å². The van der Waals surface area contributed by atoms with Gasteiger partial charge in [0.05, 0.1) is 0 Å². The molecule has 0 aliphatic carbocycles. The Balaban J connectivity index is 2.09. The zero-order valence-corrected chi connectivity index (χ0v) is 9.19. The molecule has 0 aromatic carbocycles. The van der Waals surface area contributed by atoms with E-state index in [0.29, 0.717) is 0 Å². The van der Waals surface area contributed by atoms with Gasteiger partial charge in [-0.25, -0.2) is 0 Å². The van der Waals surface area contributed by atoms with Crippen molar-refractivity contribution in [2.24, 2.45) is 0 Å². The van der Waals surface area contributed by atoms with E-state index < -0.39 is 5.97 Å². The highest BCUT2D eigenvalue weighted by Crippen LogP contribution is 2.03. The molecule has 1 aliphatic rings. The summed E-state index contributed by atoms with van der Waals surface area (Å²) in [5.41, 5.74) is 0. The number of carboxylic acids is 1. The molecule has 0 atom stereocenters. The van der Waals surface area contributed by atoms with Crippen LogP contribution >= 0.6 is 0 Å². The van der Waals surface area contributed by atoms with Crippen molar-refractivity contribution in [1.29, 1.82) is 0 Å². The van der Waals surface area contributed by atoms with Crippen LogP contribution in [-0.4, -0.2) is 60.1 Å². The molecular formula is C11H20N2O2. The zero-order valence-electron chi connectivity index (χ0n) is 9.19. The number of nitrogens with zero attached hydrogens (tertiary/aromatic N) is 2. The largest absolute Gasteiger partial charge is 0.481 e. The fourth-order valence-corrected chi connectivity index (χ4v) is 1.83. The lowest BCUT2D eigenvalue weighted by Crippen LogP contribution is -2.46. The van der Waals surface area contributed by atoms with Crippen molar-refractivity contribution < 1.29 is 9.90 Å². The molecule has 4 nitrogen and oxygen atoms in total. The first-order chi connectivity index (χ1) is 7.22. The second-order valence-corrected chi connectivity index (χ2v) is 3.93. The molecule has 0 unspecified atom stereocenters. The Hall–Kier alpha value is -0.870. The molecule has 1 N–H and O–H groups in total. The lowest BCUT2D eigenvalue weighted by molar-refractivity contribution is -0.137. The van der Waals surface area contributed by atoms with E-state index in [-0.39, 0.29) is 6.42 Å². The van der Waals surface area contributed by atoms with E-state index in [4.69, 9.17) is 5.11 Å². The Labute approximate surface area is 91.2 Å². The van der Waals surface area contributed by atoms with E-state index in [2.05, 4.69) is 16.4 Å². The minimum absolute atomic E-state index is 0.285. The first-order valence-electron chi connectivity index (χ1n) is 5.50. The Morgan fingerprint density at radius 1 is 1.27 bits per heavy atom. The number of aliphatic carboxylic acids is 1. The molecule has 86 valence electrons. The molecule has 4 heteroatoms. The average molecular weight is 212 g/mol. The Morgan fingerprint density at radius 3 is 2.40 bits per heavy atom. The van der Waals surface area contributed by atoms with Crippen LogP contribution in [0.3, 0.4) is 0 Å². The summed E-state index contributed by atoms with van der Waals surface area (Å²) >= 11 is 0. The van der Waals surface area contributed by atoms with Crippen LogP contribution in [0.2, 0.25) is 0 Å². The standard InChI is InChI=1S/C11H20N2O2/c1-2-5-12-7-9-13(10-8-12)6-3-4-11(14)15/h2H,1,3-10H2,(H,14,15). The molecule has 1 heterocycles. The van der Waals surface area contributed by atoms with Crippen LogP contribution in [0, 0.1) is 0 Å². The van der Waals surface area contributed by atoms with Crippen LogP contribution in [0.4, 0.5) is 0 Å². The van der Waals surface area contributed by atoms with Crippen molar-refractivity contribution in [2.75, 3.05) is 39.3 Å². The van der Waals surface area contributed by atoms with Crippen molar-refractivity contribution in [3.05, 3.63) is 12.7 Å². The summed E-state index contributed by atoms with van der Waals surface area (Å²) in [7, 11) is 0. The number of carbonyl (C=O) groups is 1. The van der Waals surface area contributed by atoms with Crippen LogP contribution in [0.1, 0.15) is 12.8 Å². The van der Waals surface area contributed by atoms with Gasteiger partial charge in [-0.2, -0.15) is 0 Å². The Morgan fingerprint density at radius 2 is 1.87 bits per heavy atom. The van der Waals surface area contributed by atoms with Gasteiger partial charge in [0, 0.05) is 39.1 Å². The van der Waals surface area contributed by atoms with Crippen molar-refractivity contribution in [2.45, 2.75) is 12.8 Å². The molecule has 0 bridgehead atoms.